The van der Waals surface area contributed by atoms with Gasteiger partial charge in [-0.05, 0) is 42.8 Å². The minimum atomic E-state index is -3.69. The van der Waals surface area contributed by atoms with Crippen LogP contribution in [0.2, 0.25) is 0 Å². The second-order valence-electron chi connectivity index (χ2n) is 6.48. The predicted molar refractivity (Wildman–Crippen MR) is 119 cm³/mol. The van der Waals surface area contributed by atoms with Crippen LogP contribution in [0.4, 0.5) is 0 Å². The van der Waals surface area contributed by atoms with Crippen LogP contribution >= 0.6 is 15.9 Å². The van der Waals surface area contributed by atoms with Crippen LogP contribution in [0, 0.1) is 6.92 Å². The van der Waals surface area contributed by atoms with Gasteiger partial charge >= 0.3 is 0 Å². The number of fused-ring (bicyclic) bond motifs is 1. The minimum Gasteiger partial charge on any atom is -0.238 e. The molecule has 0 bridgehead atoms. The summed E-state index contributed by atoms with van der Waals surface area (Å²) in [7, 11) is -3.69. The summed E-state index contributed by atoms with van der Waals surface area (Å²) in [6, 6.07) is 24.1. The lowest BCUT2D eigenvalue weighted by molar-refractivity contribution is 0.588. The first kappa shape index (κ1) is 18.7. The van der Waals surface area contributed by atoms with Crippen LogP contribution in [0.25, 0.3) is 23.1 Å². The molecule has 0 amide bonds. The lowest BCUT2D eigenvalue weighted by Crippen LogP contribution is -2.14. The molecule has 0 N–H and O–H groups in total. The Morgan fingerprint density at radius 1 is 0.821 bits per heavy atom. The van der Waals surface area contributed by atoms with E-state index in [0.717, 1.165) is 21.0 Å². The van der Waals surface area contributed by atoms with E-state index in [1.54, 1.807) is 24.3 Å². The molecule has 1 heterocycles. The van der Waals surface area contributed by atoms with Crippen molar-refractivity contribution in [3.63, 3.8) is 0 Å². The zero-order valence-electron chi connectivity index (χ0n) is 15.2. The van der Waals surface area contributed by atoms with Gasteiger partial charge in [-0.3, -0.25) is 0 Å². The molecule has 0 atom stereocenters. The molecule has 4 rings (SSSR count). The Morgan fingerprint density at radius 3 is 2.18 bits per heavy atom. The van der Waals surface area contributed by atoms with Crippen molar-refractivity contribution in [3.05, 3.63) is 100 Å². The average molecular weight is 452 g/mol. The highest BCUT2D eigenvalue weighted by Crippen LogP contribution is 2.31. The molecule has 0 spiro atoms. The fourth-order valence-corrected chi connectivity index (χ4v) is 5.19. The van der Waals surface area contributed by atoms with E-state index in [9.17, 15) is 8.42 Å². The number of hydrogen-bond donors (Lipinski definition) is 0. The number of benzene rings is 3. The number of halogens is 1. The van der Waals surface area contributed by atoms with Crippen molar-refractivity contribution in [3.8, 4) is 0 Å². The van der Waals surface area contributed by atoms with Gasteiger partial charge in [0, 0.05) is 21.1 Å². The van der Waals surface area contributed by atoms with E-state index in [4.69, 9.17) is 0 Å². The van der Waals surface area contributed by atoms with Crippen molar-refractivity contribution in [2.75, 3.05) is 0 Å². The first-order chi connectivity index (χ1) is 13.5. The van der Waals surface area contributed by atoms with E-state index in [0.29, 0.717) is 11.2 Å². The summed E-state index contributed by atoms with van der Waals surface area (Å²) in [6.07, 6.45) is 3.98. The Hall–Kier alpha value is -2.63. The van der Waals surface area contributed by atoms with E-state index in [1.807, 2.05) is 73.7 Å². The fraction of sp³-hybridized carbons (Fsp3) is 0.0435. The van der Waals surface area contributed by atoms with Gasteiger partial charge in [0.05, 0.1) is 10.4 Å². The molecular weight excluding hydrogens is 434 g/mol. The monoisotopic (exact) mass is 451 g/mol. The Morgan fingerprint density at radius 2 is 1.46 bits per heavy atom. The molecule has 0 fully saturated rings. The highest BCUT2D eigenvalue weighted by Gasteiger charge is 2.23. The molecule has 1 aromatic heterocycles. The van der Waals surface area contributed by atoms with Crippen LogP contribution in [-0.2, 0) is 10.0 Å². The number of rotatable bonds is 4. The SMILES string of the molecule is Cc1c(/C=C\c2ccc(Br)cc2)c2ccccc2n1S(=O)(=O)c1ccccc1. The van der Waals surface area contributed by atoms with Crippen LogP contribution in [-0.4, -0.2) is 12.4 Å². The lowest BCUT2D eigenvalue weighted by Gasteiger charge is -2.10. The van der Waals surface area contributed by atoms with E-state index in [1.165, 1.54) is 3.97 Å². The van der Waals surface area contributed by atoms with Crippen molar-refractivity contribution < 1.29 is 8.42 Å². The molecule has 3 nitrogen and oxygen atoms in total. The maximum atomic E-state index is 13.3. The molecule has 0 unspecified atom stereocenters. The van der Waals surface area contributed by atoms with Crippen LogP contribution in [0.5, 0.6) is 0 Å². The Balaban J connectivity index is 1.90. The molecule has 0 aliphatic heterocycles. The topological polar surface area (TPSA) is 39.1 Å². The smallest absolute Gasteiger partial charge is 0.238 e. The summed E-state index contributed by atoms with van der Waals surface area (Å²) in [6.45, 7) is 1.85. The summed E-state index contributed by atoms with van der Waals surface area (Å²) in [4.78, 5) is 0.280. The summed E-state index contributed by atoms with van der Waals surface area (Å²) in [5.41, 5.74) is 3.32. The third-order valence-corrected chi connectivity index (χ3v) is 7.05. The van der Waals surface area contributed by atoms with Gasteiger partial charge in [-0.15, -0.1) is 0 Å². The van der Waals surface area contributed by atoms with Crippen LogP contribution in [0.15, 0.2) is 88.2 Å². The van der Waals surface area contributed by atoms with Crippen molar-refractivity contribution in [1.82, 2.24) is 3.97 Å². The quantitative estimate of drug-likeness (QED) is 0.374. The van der Waals surface area contributed by atoms with Gasteiger partial charge in [0.25, 0.3) is 10.0 Å². The molecule has 28 heavy (non-hydrogen) atoms. The first-order valence-corrected chi connectivity index (χ1v) is 11.1. The predicted octanol–water partition coefficient (Wildman–Crippen LogP) is 6.12. The largest absolute Gasteiger partial charge is 0.268 e. The Labute approximate surface area is 173 Å². The highest BCUT2D eigenvalue weighted by atomic mass is 79.9. The van der Waals surface area contributed by atoms with E-state index >= 15 is 0 Å². The number of para-hydroxylation sites is 1. The van der Waals surface area contributed by atoms with Gasteiger partial charge in [-0.25, -0.2) is 12.4 Å². The van der Waals surface area contributed by atoms with Crippen LogP contribution in [0.3, 0.4) is 0 Å². The molecule has 0 radical (unpaired) electrons. The summed E-state index contributed by atoms with van der Waals surface area (Å²) in [5.74, 6) is 0. The normalized spacial score (nSPS) is 12.1. The van der Waals surface area contributed by atoms with Crippen molar-refractivity contribution in [2.45, 2.75) is 11.8 Å². The lowest BCUT2D eigenvalue weighted by atomic mass is 10.1. The van der Waals surface area contributed by atoms with Crippen LogP contribution < -0.4 is 0 Å². The molecule has 5 heteroatoms. The molecule has 0 saturated heterocycles. The minimum absolute atomic E-state index is 0.280. The van der Waals surface area contributed by atoms with E-state index in [2.05, 4.69) is 15.9 Å². The fourth-order valence-electron chi connectivity index (χ4n) is 3.33. The summed E-state index contributed by atoms with van der Waals surface area (Å²) >= 11 is 3.44. The molecule has 140 valence electrons. The van der Waals surface area contributed by atoms with Gasteiger partial charge in [0.1, 0.15) is 0 Å². The molecule has 0 aliphatic rings. The van der Waals surface area contributed by atoms with Gasteiger partial charge in [0.15, 0.2) is 0 Å². The Bertz CT molecular complexity index is 1270. The molecule has 0 saturated carbocycles. The van der Waals surface area contributed by atoms with Gasteiger partial charge in [-0.2, -0.15) is 0 Å². The third-order valence-electron chi connectivity index (χ3n) is 4.70. The van der Waals surface area contributed by atoms with E-state index < -0.39 is 10.0 Å². The highest BCUT2D eigenvalue weighted by molar-refractivity contribution is 9.10. The average Bonchev–Trinajstić information content (AvgIpc) is 3.00. The molecule has 0 aliphatic carbocycles. The van der Waals surface area contributed by atoms with Gasteiger partial charge < -0.3 is 0 Å². The van der Waals surface area contributed by atoms with Crippen LogP contribution in [0.1, 0.15) is 16.8 Å². The zero-order valence-corrected chi connectivity index (χ0v) is 17.6. The maximum Gasteiger partial charge on any atom is 0.268 e. The van der Waals surface area contributed by atoms with Crippen molar-refractivity contribution in [2.24, 2.45) is 0 Å². The summed E-state index contributed by atoms with van der Waals surface area (Å²) in [5, 5.41) is 0.910. The Kier molecular flexibility index (Phi) is 4.96. The second-order valence-corrected chi connectivity index (χ2v) is 9.19. The third kappa shape index (κ3) is 3.32. The first-order valence-electron chi connectivity index (χ1n) is 8.83. The zero-order chi connectivity index (χ0) is 19.7. The maximum absolute atomic E-state index is 13.3. The van der Waals surface area contributed by atoms with Gasteiger partial charge in [-0.1, -0.05) is 76.6 Å². The summed E-state index contributed by atoms with van der Waals surface area (Å²) < 4.78 is 29.1. The van der Waals surface area contributed by atoms with Crippen molar-refractivity contribution >= 4 is 49.0 Å². The standard InChI is InChI=1S/C23H18BrNO2S/c1-17-21(16-13-18-11-14-19(24)15-12-18)22-9-5-6-10-23(22)25(17)28(26,27)20-7-3-2-4-8-20/h2-16H,1H3/b16-13-. The molecule has 4 aromatic rings. The number of hydrogen-bond acceptors (Lipinski definition) is 2. The number of nitrogens with zero attached hydrogens (tertiary/aromatic N) is 1. The van der Waals surface area contributed by atoms with E-state index in [-0.39, 0.29) is 4.90 Å². The van der Waals surface area contributed by atoms with Gasteiger partial charge in [0.2, 0.25) is 0 Å². The molecule has 3 aromatic carbocycles. The number of aromatic nitrogens is 1. The van der Waals surface area contributed by atoms with Crippen molar-refractivity contribution in [1.29, 1.82) is 0 Å². The second kappa shape index (κ2) is 7.41. The molecular formula is C23H18BrNO2S.